The van der Waals surface area contributed by atoms with Crippen LogP contribution in [0.5, 0.6) is 0 Å². The van der Waals surface area contributed by atoms with Gasteiger partial charge in [0.2, 0.25) is 0 Å². The molecular weight excluding hydrogens is 348 g/mol. The van der Waals surface area contributed by atoms with Crippen LogP contribution in [0.2, 0.25) is 0 Å². The highest BCUT2D eigenvalue weighted by atomic mass is 32.3. The number of rotatable bonds is 20. The molecule has 0 saturated heterocycles. The lowest BCUT2D eigenvalue weighted by Crippen LogP contribution is -2.14. The molecule has 0 radical (unpaired) electrons. The molecule has 26 heavy (non-hydrogen) atoms. The summed E-state index contributed by atoms with van der Waals surface area (Å²) in [6, 6.07) is 0. The van der Waals surface area contributed by atoms with Crippen molar-refractivity contribution in [3.05, 3.63) is 0 Å². The predicted molar refractivity (Wildman–Crippen MR) is 111 cm³/mol. The van der Waals surface area contributed by atoms with Crippen molar-refractivity contribution >= 4 is 10.4 Å². The molecule has 0 aliphatic carbocycles. The molecule has 0 saturated carbocycles. The van der Waals surface area contributed by atoms with Crippen LogP contribution in [-0.2, 0) is 14.6 Å². The lowest BCUT2D eigenvalue weighted by atomic mass is 9.95. The molecule has 0 rings (SSSR count). The highest BCUT2D eigenvalue weighted by Crippen LogP contribution is 2.20. The Bertz CT molecular complexity index is 381. The van der Waals surface area contributed by atoms with Gasteiger partial charge in [0.25, 0.3) is 0 Å². The Morgan fingerprint density at radius 1 is 0.654 bits per heavy atom. The second-order valence-corrected chi connectivity index (χ2v) is 8.84. The van der Waals surface area contributed by atoms with Crippen molar-refractivity contribution in [2.45, 2.75) is 123 Å². The highest BCUT2D eigenvalue weighted by molar-refractivity contribution is 7.80. The van der Waals surface area contributed by atoms with Crippen molar-refractivity contribution in [1.29, 1.82) is 0 Å². The first kappa shape index (κ1) is 25.9. The van der Waals surface area contributed by atoms with Gasteiger partial charge in [0, 0.05) is 0 Å². The highest BCUT2D eigenvalue weighted by Gasteiger charge is 2.13. The minimum Gasteiger partial charge on any atom is -0.264 e. The molecule has 0 spiro atoms. The van der Waals surface area contributed by atoms with Crippen LogP contribution in [-0.4, -0.2) is 19.6 Å². The maximum Gasteiger partial charge on any atom is 0.397 e. The van der Waals surface area contributed by atoms with Crippen molar-refractivity contribution in [3.8, 4) is 0 Å². The summed E-state index contributed by atoms with van der Waals surface area (Å²) in [5.41, 5.74) is 0. The molecule has 0 bridgehead atoms. The van der Waals surface area contributed by atoms with Crippen LogP contribution in [0.3, 0.4) is 0 Å². The largest absolute Gasteiger partial charge is 0.397 e. The van der Waals surface area contributed by atoms with Gasteiger partial charge in [-0.15, -0.1) is 0 Å². The molecule has 1 atom stereocenters. The molecule has 0 aromatic carbocycles. The molecule has 1 unspecified atom stereocenters. The zero-order valence-electron chi connectivity index (χ0n) is 17.4. The molecule has 0 aliphatic rings. The summed E-state index contributed by atoms with van der Waals surface area (Å²) in [7, 11) is -4.31. The second-order valence-electron chi connectivity index (χ2n) is 7.75. The first-order valence-corrected chi connectivity index (χ1v) is 12.5. The molecule has 0 aliphatic heterocycles. The Kier molecular flexibility index (Phi) is 18.2. The van der Waals surface area contributed by atoms with E-state index in [1.165, 1.54) is 83.5 Å². The van der Waals surface area contributed by atoms with E-state index in [-0.39, 0.29) is 12.5 Å². The standard InChI is InChI=1S/C21H44O4S/c1-3-5-7-9-11-12-13-15-17-19-21(20-25-26(22,23)24)18-16-14-10-8-6-4-2/h21H,3-20H2,1-2H3,(H,22,23,24). The molecular formula is C21H44O4S. The first-order valence-electron chi connectivity index (χ1n) is 11.1. The molecule has 0 amide bonds. The monoisotopic (exact) mass is 392 g/mol. The van der Waals surface area contributed by atoms with E-state index in [0.717, 1.165) is 25.7 Å². The average Bonchev–Trinajstić information content (AvgIpc) is 2.59. The minimum atomic E-state index is -4.31. The van der Waals surface area contributed by atoms with Gasteiger partial charge in [-0.3, -0.25) is 4.55 Å². The van der Waals surface area contributed by atoms with Crippen LogP contribution >= 0.6 is 0 Å². The summed E-state index contributed by atoms with van der Waals surface area (Å²) in [5.74, 6) is 0.243. The fourth-order valence-corrected chi connectivity index (χ4v) is 3.81. The van der Waals surface area contributed by atoms with Gasteiger partial charge in [0.1, 0.15) is 0 Å². The third-order valence-corrected chi connectivity index (χ3v) is 5.57. The van der Waals surface area contributed by atoms with Gasteiger partial charge in [-0.2, -0.15) is 8.42 Å². The van der Waals surface area contributed by atoms with Crippen molar-refractivity contribution in [2.75, 3.05) is 6.61 Å². The third kappa shape index (κ3) is 20.2. The molecule has 0 heterocycles. The number of hydrogen-bond donors (Lipinski definition) is 1. The topological polar surface area (TPSA) is 63.6 Å². The third-order valence-electron chi connectivity index (χ3n) is 5.13. The van der Waals surface area contributed by atoms with E-state index in [9.17, 15) is 8.42 Å². The van der Waals surface area contributed by atoms with Gasteiger partial charge in [-0.25, -0.2) is 4.18 Å². The second kappa shape index (κ2) is 18.2. The Labute approximate surface area is 163 Å². The summed E-state index contributed by atoms with van der Waals surface area (Å²) in [5, 5.41) is 0. The summed E-state index contributed by atoms with van der Waals surface area (Å²) in [6.07, 6.45) is 21.1. The van der Waals surface area contributed by atoms with Crippen molar-refractivity contribution < 1.29 is 17.2 Å². The van der Waals surface area contributed by atoms with Gasteiger partial charge >= 0.3 is 10.4 Å². The van der Waals surface area contributed by atoms with Crippen molar-refractivity contribution in [3.63, 3.8) is 0 Å². The molecule has 5 heteroatoms. The smallest absolute Gasteiger partial charge is 0.264 e. The Morgan fingerprint density at radius 3 is 1.35 bits per heavy atom. The maximum absolute atomic E-state index is 10.8. The minimum absolute atomic E-state index is 0.130. The van der Waals surface area contributed by atoms with Crippen LogP contribution in [0.4, 0.5) is 0 Å². The summed E-state index contributed by atoms with van der Waals surface area (Å²) in [4.78, 5) is 0. The Balaban J connectivity index is 3.82. The van der Waals surface area contributed by atoms with E-state index in [1.54, 1.807) is 0 Å². The zero-order valence-corrected chi connectivity index (χ0v) is 18.2. The van der Waals surface area contributed by atoms with Crippen LogP contribution in [0.15, 0.2) is 0 Å². The van der Waals surface area contributed by atoms with Crippen LogP contribution in [0.1, 0.15) is 123 Å². The Morgan fingerprint density at radius 2 is 1.00 bits per heavy atom. The van der Waals surface area contributed by atoms with Gasteiger partial charge in [0.15, 0.2) is 0 Å². The van der Waals surface area contributed by atoms with Crippen molar-refractivity contribution in [1.82, 2.24) is 0 Å². The van der Waals surface area contributed by atoms with E-state index < -0.39 is 10.4 Å². The van der Waals surface area contributed by atoms with Crippen LogP contribution < -0.4 is 0 Å². The van der Waals surface area contributed by atoms with Crippen molar-refractivity contribution in [2.24, 2.45) is 5.92 Å². The first-order chi connectivity index (χ1) is 12.5. The molecule has 4 nitrogen and oxygen atoms in total. The van der Waals surface area contributed by atoms with Gasteiger partial charge < -0.3 is 0 Å². The van der Waals surface area contributed by atoms with Crippen LogP contribution in [0.25, 0.3) is 0 Å². The molecule has 1 N–H and O–H groups in total. The predicted octanol–water partition coefficient (Wildman–Crippen LogP) is 7.09. The fourth-order valence-electron chi connectivity index (χ4n) is 3.45. The molecule has 0 aromatic rings. The summed E-state index contributed by atoms with van der Waals surface area (Å²) < 4.78 is 35.1. The maximum atomic E-state index is 10.8. The summed E-state index contributed by atoms with van der Waals surface area (Å²) >= 11 is 0. The normalized spacial score (nSPS) is 13.2. The summed E-state index contributed by atoms with van der Waals surface area (Å²) in [6.45, 7) is 4.59. The van der Waals surface area contributed by atoms with E-state index >= 15 is 0 Å². The lowest BCUT2D eigenvalue weighted by Gasteiger charge is -2.16. The van der Waals surface area contributed by atoms with E-state index in [4.69, 9.17) is 4.55 Å². The molecule has 0 fully saturated rings. The van der Waals surface area contributed by atoms with E-state index in [0.29, 0.717) is 0 Å². The van der Waals surface area contributed by atoms with Gasteiger partial charge in [-0.1, -0.05) is 110 Å². The van der Waals surface area contributed by atoms with Gasteiger partial charge in [0.05, 0.1) is 6.61 Å². The zero-order chi connectivity index (χ0) is 19.5. The fraction of sp³-hybridized carbons (Fsp3) is 1.00. The number of hydrogen-bond acceptors (Lipinski definition) is 3. The van der Waals surface area contributed by atoms with E-state index in [1.807, 2.05) is 0 Å². The van der Waals surface area contributed by atoms with Crippen LogP contribution in [0, 0.1) is 5.92 Å². The molecule has 0 aromatic heterocycles. The SMILES string of the molecule is CCCCCCCCCCCC(CCCCCCCC)COS(=O)(=O)O. The number of unbranched alkanes of at least 4 members (excludes halogenated alkanes) is 13. The van der Waals surface area contributed by atoms with Gasteiger partial charge in [-0.05, 0) is 18.8 Å². The average molecular weight is 393 g/mol. The lowest BCUT2D eigenvalue weighted by molar-refractivity contribution is 0.204. The quantitative estimate of drug-likeness (QED) is 0.177. The van der Waals surface area contributed by atoms with E-state index in [2.05, 4.69) is 18.0 Å². The molecule has 158 valence electrons. The Hall–Kier alpha value is -0.130.